The van der Waals surface area contributed by atoms with E-state index < -0.39 is 10.0 Å². The van der Waals surface area contributed by atoms with Gasteiger partial charge in [-0.2, -0.15) is 0 Å². The van der Waals surface area contributed by atoms with Gasteiger partial charge in [0.05, 0.1) is 16.8 Å². The molecule has 2 aromatic carbocycles. The fraction of sp³-hybridized carbons (Fsp3) is 0.105. The highest BCUT2D eigenvalue weighted by atomic mass is 32.2. The third-order valence-electron chi connectivity index (χ3n) is 3.89. The lowest BCUT2D eigenvalue weighted by molar-refractivity contribution is 0.171. The number of aromatic nitrogens is 1. The standard InChI is InChI=1S/C19H17N3O4S/c23-27(24,16-7-8-17-18(12-16)26-11-10-25-17)22-19-9-6-15(13-20-19)21-14-4-2-1-3-5-14/h1-9,12-13,21H,10-11H2,(H,20,22). The molecule has 1 aliphatic rings. The summed E-state index contributed by atoms with van der Waals surface area (Å²) in [6.07, 6.45) is 1.56. The van der Waals surface area contributed by atoms with Crippen LogP contribution in [0.5, 0.6) is 11.5 Å². The minimum atomic E-state index is -3.79. The third-order valence-corrected chi connectivity index (χ3v) is 5.24. The third kappa shape index (κ3) is 3.95. The Morgan fingerprint density at radius 1 is 0.852 bits per heavy atom. The predicted octanol–water partition coefficient (Wildman–Crippen LogP) is 3.40. The number of hydrogen-bond acceptors (Lipinski definition) is 6. The van der Waals surface area contributed by atoms with E-state index in [1.54, 1.807) is 24.4 Å². The fourth-order valence-corrected chi connectivity index (χ4v) is 3.63. The smallest absolute Gasteiger partial charge is 0.263 e. The van der Waals surface area contributed by atoms with Crippen LogP contribution in [0.4, 0.5) is 17.2 Å². The van der Waals surface area contributed by atoms with Crippen molar-refractivity contribution in [2.45, 2.75) is 4.90 Å². The van der Waals surface area contributed by atoms with E-state index in [4.69, 9.17) is 9.47 Å². The van der Waals surface area contributed by atoms with Crippen molar-refractivity contribution in [2.24, 2.45) is 0 Å². The van der Waals surface area contributed by atoms with Crippen LogP contribution in [0, 0.1) is 0 Å². The average molecular weight is 383 g/mol. The van der Waals surface area contributed by atoms with E-state index in [1.165, 1.54) is 12.1 Å². The summed E-state index contributed by atoms with van der Waals surface area (Å²) in [7, 11) is -3.79. The average Bonchev–Trinajstić information content (AvgIpc) is 2.70. The molecule has 0 bridgehead atoms. The van der Waals surface area contributed by atoms with Gasteiger partial charge in [0.15, 0.2) is 11.5 Å². The molecular formula is C19H17N3O4S. The number of rotatable bonds is 5. The van der Waals surface area contributed by atoms with Crippen LogP contribution in [0.15, 0.2) is 71.8 Å². The molecule has 27 heavy (non-hydrogen) atoms. The van der Waals surface area contributed by atoms with Gasteiger partial charge in [0.2, 0.25) is 0 Å². The van der Waals surface area contributed by atoms with Crippen LogP contribution >= 0.6 is 0 Å². The molecule has 3 aromatic rings. The van der Waals surface area contributed by atoms with E-state index in [9.17, 15) is 8.42 Å². The highest BCUT2D eigenvalue weighted by Gasteiger charge is 2.19. The van der Waals surface area contributed by atoms with Crippen LogP contribution in [0.25, 0.3) is 0 Å². The second-order valence-electron chi connectivity index (χ2n) is 5.83. The molecule has 0 aliphatic carbocycles. The summed E-state index contributed by atoms with van der Waals surface area (Å²) < 4.78 is 38.5. The molecule has 1 aliphatic heterocycles. The van der Waals surface area contributed by atoms with Crippen molar-refractivity contribution in [1.82, 2.24) is 4.98 Å². The Kier molecular flexibility index (Phi) is 4.55. The van der Waals surface area contributed by atoms with Crippen molar-refractivity contribution in [3.8, 4) is 11.5 Å². The summed E-state index contributed by atoms with van der Waals surface area (Å²) in [6.45, 7) is 0.839. The van der Waals surface area contributed by atoms with Gasteiger partial charge in [0.25, 0.3) is 10.0 Å². The molecule has 1 aromatic heterocycles. The summed E-state index contributed by atoms with van der Waals surface area (Å²) >= 11 is 0. The van der Waals surface area contributed by atoms with Crippen molar-refractivity contribution in [3.63, 3.8) is 0 Å². The van der Waals surface area contributed by atoms with E-state index in [-0.39, 0.29) is 10.7 Å². The predicted molar refractivity (Wildman–Crippen MR) is 102 cm³/mol. The summed E-state index contributed by atoms with van der Waals surface area (Å²) in [4.78, 5) is 4.25. The topological polar surface area (TPSA) is 89.6 Å². The number of ether oxygens (including phenoxy) is 2. The molecule has 0 amide bonds. The Balaban J connectivity index is 1.49. The second kappa shape index (κ2) is 7.16. The number of pyridine rings is 1. The SMILES string of the molecule is O=S(=O)(Nc1ccc(Nc2ccccc2)cn1)c1ccc2c(c1)OCCO2. The van der Waals surface area contributed by atoms with Gasteiger partial charge in [-0.25, -0.2) is 13.4 Å². The molecule has 0 fully saturated rings. The fourth-order valence-electron chi connectivity index (χ4n) is 2.60. The zero-order valence-corrected chi connectivity index (χ0v) is 15.1. The second-order valence-corrected chi connectivity index (χ2v) is 7.52. The molecule has 138 valence electrons. The monoisotopic (exact) mass is 383 g/mol. The summed E-state index contributed by atoms with van der Waals surface area (Å²) in [5.41, 5.74) is 1.67. The molecule has 0 spiro atoms. The van der Waals surface area contributed by atoms with E-state index in [0.29, 0.717) is 24.7 Å². The molecule has 0 saturated carbocycles. The summed E-state index contributed by atoms with van der Waals surface area (Å²) in [6, 6.07) is 17.5. The molecule has 7 nitrogen and oxygen atoms in total. The molecule has 2 heterocycles. The van der Waals surface area contributed by atoms with Crippen LogP contribution in [0.1, 0.15) is 0 Å². The maximum Gasteiger partial charge on any atom is 0.263 e. The Morgan fingerprint density at radius 2 is 1.63 bits per heavy atom. The zero-order chi connectivity index (χ0) is 18.7. The Labute approximate surface area is 157 Å². The lowest BCUT2D eigenvalue weighted by atomic mass is 10.3. The molecular weight excluding hydrogens is 366 g/mol. The molecule has 0 unspecified atom stereocenters. The molecule has 0 radical (unpaired) electrons. The molecule has 8 heteroatoms. The maximum absolute atomic E-state index is 12.6. The number of sulfonamides is 1. The number of para-hydroxylation sites is 1. The van der Waals surface area contributed by atoms with Gasteiger partial charge in [0.1, 0.15) is 19.0 Å². The van der Waals surface area contributed by atoms with Crippen molar-refractivity contribution < 1.29 is 17.9 Å². The minimum Gasteiger partial charge on any atom is -0.486 e. The van der Waals surface area contributed by atoms with Gasteiger partial charge >= 0.3 is 0 Å². The highest BCUT2D eigenvalue weighted by molar-refractivity contribution is 7.92. The highest BCUT2D eigenvalue weighted by Crippen LogP contribution is 2.32. The molecule has 0 atom stereocenters. The lowest BCUT2D eigenvalue weighted by Crippen LogP contribution is -2.17. The number of hydrogen-bond donors (Lipinski definition) is 2. The first-order chi connectivity index (χ1) is 13.1. The Bertz CT molecular complexity index is 1040. The van der Waals surface area contributed by atoms with Crippen molar-refractivity contribution in [3.05, 3.63) is 66.9 Å². The Morgan fingerprint density at radius 3 is 2.37 bits per heavy atom. The first-order valence-electron chi connectivity index (χ1n) is 8.31. The number of nitrogens with zero attached hydrogens (tertiary/aromatic N) is 1. The molecule has 4 rings (SSSR count). The Hall–Kier alpha value is -3.26. The zero-order valence-electron chi connectivity index (χ0n) is 14.3. The molecule has 2 N–H and O–H groups in total. The van der Waals surface area contributed by atoms with Gasteiger partial charge < -0.3 is 14.8 Å². The van der Waals surface area contributed by atoms with E-state index in [2.05, 4.69) is 15.0 Å². The number of fused-ring (bicyclic) bond motifs is 1. The van der Waals surface area contributed by atoms with Crippen molar-refractivity contribution in [1.29, 1.82) is 0 Å². The first-order valence-corrected chi connectivity index (χ1v) is 9.79. The van der Waals surface area contributed by atoms with E-state index in [0.717, 1.165) is 11.4 Å². The molecule has 0 saturated heterocycles. The van der Waals surface area contributed by atoms with Crippen LogP contribution in [-0.2, 0) is 10.0 Å². The van der Waals surface area contributed by atoms with Crippen molar-refractivity contribution in [2.75, 3.05) is 23.3 Å². The number of anilines is 3. The first kappa shape index (κ1) is 17.2. The number of benzene rings is 2. The normalized spacial score (nSPS) is 13.0. The van der Waals surface area contributed by atoms with Gasteiger partial charge in [-0.3, -0.25) is 4.72 Å². The largest absolute Gasteiger partial charge is 0.486 e. The minimum absolute atomic E-state index is 0.0834. The van der Waals surface area contributed by atoms with Crippen LogP contribution in [-0.4, -0.2) is 26.6 Å². The van der Waals surface area contributed by atoms with Gasteiger partial charge in [-0.05, 0) is 36.4 Å². The van der Waals surface area contributed by atoms with Gasteiger partial charge in [-0.15, -0.1) is 0 Å². The summed E-state index contributed by atoms with van der Waals surface area (Å²) in [5.74, 6) is 1.18. The van der Waals surface area contributed by atoms with E-state index in [1.807, 2.05) is 30.3 Å². The van der Waals surface area contributed by atoms with E-state index >= 15 is 0 Å². The van der Waals surface area contributed by atoms with Crippen LogP contribution in [0.3, 0.4) is 0 Å². The maximum atomic E-state index is 12.6. The van der Waals surface area contributed by atoms with Crippen LogP contribution < -0.4 is 19.5 Å². The summed E-state index contributed by atoms with van der Waals surface area (Å²) in [5, 5.41) is 3.19. The van der Waals surface area contributed by atoms with Gasteiger partial charge in [0, 0.05) is 11.8 Å². The van der Waals surface area contributed by atoms with Crippen LogP contribution in [0.2, 0.25) is 0 Å². The lowest BCUT2D eigenvalue weighted by Gasteiger charge is -2.19. The quantitative estimate of drug-likeness (QED) is 0.702. The van der Waals surface area contributed by atoms with Gasteiger partial charge in [-0.1, -0.05) is 18.2 Å². The number of nitrogens with one attached hydrogen (secondary N) is 2. The van der Waals surface area contributed by atoms with Crippen molar-refractivity contribution >= 4 is 27.2 Å².